The molecule has 3 nitrogen and oxygen atoms in total. The van der Waals surface area contributed by atoms with E-state index in [0.717, 1.165) is 16.9 Å². The fraction of sp³-hybridized carbons (Fsp3) is 0.200. The summed E-state index contributed by atoms with van der Waals surface area (Å²) in [6.45, 7) is 1.11. The topological polar surface area (TPSA) is 41.5 Å². The first-order valence-corrected chi connectivity index (χ1v) is 6.16. The highest BCUT2D eigenvalue weighted by Crippen LogP contribution is 2.31. The van der Waals surface area contributed by atoms with Gasteiger partial charge in [-0.2, -0.15) is 0 Å². The number of rotatable bonds is 3. The largest absolute Gasteiger partial charge is 0.505 e. The molecule has 0 amide bonds. The van der Waals surface area contributed by atoms with Crippen LogP contribution in [0.5, 0.6) is 11.5 Å². The maximum Gasteiger partial charge on any atom is 0.165 e. The van der Waals surface area contributed by atoms with Gasteiger partial charge in [0.2, 0.25) is 0 Å². The molecule has 2 aromatic carbocycles. The average Bonchev–Trinajstić information content (AvgIpc) is 2.83. The van der Waals surface area contributed by atoms with Crippen LogP contribution in [0.3, 0.4) is 0 Å². The van der Waals surface area contributed by atoms with E-state index in [1.54, 1.807) is 6.07 Å². The zero-order valence-electron chi connectivity index (χ0n) is 10.3. The summed E-state index contributed by atoms with van der Waals surface area (Å²) < 4.78 is 18.8. The Morgan fingerprint density at radius 2 is 2.11 bits per heavy atom. The highest BCUT2D eigenvalue weighted by Gasteiger charge is 2.22. The first-order chi connectivity index (χ1) is 9.24. The number of fused-ring (bicyclic) bond motifs is 1. The predicted molar refractivity (Wildman–Crippen MR) is 69.6 cm³/mol. The summed E-state index contributed by atoms with van der Waals surface area (Å²) in [4.78, 5) is 0. The number of nitrogens with one attached hydrogen (secondary N) is 1. The van der Waals surface area contributed by atoms with Gasteiger partial charge in [-0.3, -0.25) is 0 Å². The molecule has 0 spiro atoms. The van der Waals surface area contributed by atoms with E-state index in [1.807, 2.05) is 24.3 Å². The van der Waals surface area contributed by atoms with E-state index in [2.05, 4.69) is 5.32 Å². The molecule has 1 aliphatic heterocycles. The van der Waals surface area contributed by atoms with Crippen LogP contribution in [-0.2, 0) is 6.54 Å². The molecule has 0 aliphatic carbocycles. The van der Waals surface area contributed by atoms with Crippen molar-refractivity contribution in [3.05, 3.63) is 59.4 Å². The van der Waals surface area contributed by atoms with Crippen LogP contribution >= 0.6 is 0 Å². The second-order valence-corrected chi connectivity index (χ2v) is 4.57. The molecule has 1 aliphatic rings. The van der Waals surface area contributed by atoms with Crippen LogP contribution in [0.1, 0.15) is 17.2 Å². The van der Waals surface area contributed by atoms with Crippen LogP contribution in [-0.4, -0.2) is 11.7 Å². The first-order valence-electron chi connectivity index (χ1n) is 6.16. The lowest BCUT2D eigenvalue weighted by Gasteiger charge is -2.11. The Bertz CT molecular complexity index is 600. The Kier molecular flexibility index (Phi) is 3.09. The van der Waals surface area contributed by atoms with Gasteiger partial charge >= 0.3 is 0 Å². The summed E-state index contributed by atoms with van der Waals surface area (Å²) in [5.41, 5.74) is 1.92. The third-order valence-corrected chi connectivity index (χ3v) is 3.26. The van der Waals surface area contributed by atoms with Gasteiger partial charge in [0.25, 0.3) is 0 Å². The fourth-order valence-corrected chi connectivity index (χ4v) is 2.23. The summed E-state index contributed by atoms with van der Waals surface area (Å²) in [5.74, 6) is -0.0162. The Balaban J connectivity index is 1.69. The lowest BCUT2D eigenvalue weighted by atomic mass is 10.1. The molecule has 98 valence electrons. The van der Waals surface area contributed by atoms with Crippen LogP contribution in [0.15, 0.2) is 42.5 Å². The van der Waals surface area contributed by atoms with Crippen LogP contribution in [0.2, 0.25) is 0 Å². The van der Waals surface area contributed by atoms with Gasteiger partial charge in [0.05, 0.1) is 6.04 Å². The second-order valence-electron chi connectivity index (χ2n) is 4.57. The predicted octanol–water partition coefficient (Wildman–Crippen LogP) is 2.75. The molecular formula is C15H14FNO2. The molecule has 1 heterocycles. The number of para-hydroxylation sites is 1. The first kappa shape index (κ1) is 12.0. The smallest absolute Gasteiger partial charge is 0.165 e. The number of hydrogen-bond acceptors (Lipinski definition) is 3. The molecular weight excluding hydrogens is 245 g/mol. The van der Waals surface area contributed by atoms with E-state index < -0.39 is 5.82 Å². The lowest BCUT2D eigenvalue weighted by Crippen LogP contribution is -2.22. The molecule has 0 fully saturated rings. The van der Waals surface area contributed by atoms with E-state index in [9.17, 15) is 4.39 Å². The van der Waals surface area contributed by atoms with Gasteiger partial charge in [-0.15, -0.1) is 0 Å². The minimum Gasteiger partial charge on any atom is -0.505 e. The monoisotopic (exact) mass is 259 g/mol. The molecule has 0 radical (unpaired) electrons. The number of ether oxygens (including phenoxy) is 1. The number of hydrogen-bond donors (Lipinski definition) is 2. The van der Waals surface area contributed by atoms with Crippen LogP contribution in [0.25, 0.3) is 0 Å². The van der Waals surface area contributed by atoms with Gasteiger partial charge < -0.3 is 15.2 Å². The van der Waals surface area contributed by atoms with Gasteiger partial charge in [-0.25, -0.2) is 4.39 Å². The zero-order valence-corrected chi connectivity index (χ0v) is 10.3. The number of phenolic OH excluding ortho intramolecular Hbond substituents is 1. The Labute approximate surface area is 110 Å². The molecule has 19 heavy (non-hydrogen) atoms. The fourth-order valence-electron chi connectivity index (χ4n) is 2.23. The number of phenols is 1. The van der Waals surface area contributed by atoms with Gasteiger partial charge in [0.15, 0.2) is 11.6 Å². The van der Waals surface area contributed by atoms with Gasteiger partial charge in [-0.05, 0) is 23.8 Å². The SMILES string of the molecule is Oc1ccc(CNC2COc3ccccc32)cc1F. The Morgan fingerprint density at radius 1 is 1.26 bits per heavy atom. The minimum absolute atomic E-state index is 0.119. The molecule has 2 aromatic rings. The van der Waals surface area contributed by atoms with E-state index in [1.165, 1.54) is 12.1 Å². The van der Waals surface area contributed by atoms with Crippen molar-refractivity contribution in [2.75, 3.05) is 6.61 Å². The quantitative estimate of drug-likeness (QED) is 0.890. The maximum atomic E-state index is 13.2. The van der Waals surface area contributed by atoms with E-state index in [4.69, 9.17) is 9.84 Å². The molecule has 0 bridgehead atoms. The molecule has 3 rings (SSSR count). The summed E-state index contributed by atoms with van der Waals surface area (Å²) in [6, 6.07) is 12.4. The van der Waals surface area contributed by atoms with Crippen LogP contribution in [0, 0.1) is 5.82 Å². The molecule has 1 unspecified atom stereocenters. The van der Waals surface area contributed by atoms with Crippen molar-refractivity contribution in [1.29, 1.82) is 0 Å². The van der Waals surface area contributed by atoms with Crippen molar-refractivity contribution in [3.8, 4) is 11.5 Å². The summed E-state index contributed by atoms with van der Waals surface area (Å²) in [5, 5.41) is 12.5. The van der Waals surface area contributed by atoms with Crippen molar-refractivity contribution in [2.24, 2.45) is 0 Å². The molecule has 0 saturated heterocycles. The zero-order chi connectivity index (χ0) is 13.2. The number of halogens is 1. The van der Waals surface area contributed by atoms with Crippen LogP contribution in [0.4, 0.5) is 4.39 Å². The Morgan fingerprint density at radius 3 is 2.95 bits per heavy atom. The minimum atomic E-state index is -0.595. The average molecular weight is 259 g/mol. The molecule has 0 saturated carbocycles. The standard InChI is InChI=1S/C15H14FNO2/c16-12-7-10(5-6-14(12)18)8-17-13-9-19-15-4-2-1-3-11(13)15/h1-7,13,17-18H,8-9H2. The third kappa shape index (κ3) is 2.39. The summed E-state index contributed by atoms with van der Waals surface area (Å²) >= 11 is 0. The third-order valence-electron chi connectivity index (χ3n) is 3.26. The molecule has 4 heteroatoms. The van der Waals surface area contributed by atoms with E-state index in [0.29, 0.717) is 13.2 Å². The number of aromatic hydroxyl groups is 1. The van der Waals surface area contributed by atoms with Crippen molar-refractivity contribution >= 4 is 0 Å². The van der Waals surface area contributed by atoms with Crippen molar-refractivity contribution in [3.63, 3.8) is 0 Å². The van der Waals surface area contributed by atoms with E-state index in [-0.39, 0.29) is 11.8 Å². The van der Waals surface area contributed by atoms with Crippen molar-refractivity contribution in [2.45, 2.75) is 12.6 Å². The van der Waals surface area contributed by atoms with Crippen LogP contribution < -0.4 is 10.1 Å². The Hall–Kier alpha value is -2.07. The molecule has 1 atom stereocenters. The summed E-state index contributed by atoms with van der Waals surface area (Å²) in [6.07, 6.45) is 0. The van der Waals surface area contributed by atoms with Crippen molar-refractivity contribution in [1.82, 2.24) is 5.32 Å². The van der Waals surface area contributed by atoms with Gasteiger partial charge in [0, 0.05) is 12.1 Å². The van der Waals surface area contributed by atoms with Gasteiger partial charge in [0.1, 0.15) is 12.4 Å². The van der Waals surface area contributed by atoms with Crippen molar-refractivity contribution < 1.29 is 14.2 Å². The highest BCUT2D eigenvalue weighted by molar-refractivity contribution is 5.39. The number of benzene rings is 2. The van der Waals surface area contributed by atoms with E-state index >= 15 is 0 Å². The maximum absolute atomic E-state index is 13.2. The molecule has 2 N–H and O–H groups in total. The lowest BCUT2D eigenvalue weighted by molar-refractivity contribution is 0.310. The normalized spacial score (nSPS) is 17.0. The molecule has 0 aromatic heterocycles. The summed E-state index contributed by atoms with van der Waals surface area (Å²) in [7, 11) is 0. The highest BCUT2D eigenvalue weighted by atomic mass is 19.1. The van der Waals surface area contributed by atoms with Gasteiger partial charge in [-0.1, -0.05) is 24.3 Å². The second kappa shape index (κ2) is 4.90.